The lowest BCUT2D eigenvalue weighted by atomic mass is 10.1. The summed E-state index contributed by atoms with van der Waals surface area (Å²) >= 11 is 0. The second-order valence-electron chi connectivity index (χ2n) is 3.98. The van der Waals surface area contributed by atoms with Gasteiger partial charge < -0.3 is 4.74 Å². The molecule has 0 spiro atoms. The van der Waals surface area contributed by atoms with Crippen molar-refractivity contribution in [1.82, 2.24) is 0 Å². The first-order chi connectivity index (χ1) is 8.70. The Morgan fingerprint density at radius 3 is 2.56 bits per heavy atom. The smallest absolute Gasteiger partial charge is 0.167 e. The number of nitrogens with zero attached hydrogens (tertiary/aromatic N) is 1. The van der Waals surface area contributed by atoms with Crippen LogP contribution in [-0.2, 0) is 6.61 Å². The average Bonchev–Trinajstić information content (AvgIpc) is 2.41. The fraction of sp³-hybridized carbons (Fsp3) is 0.133. The summed E-state index contributed by atoms with van der Waals surface area (Å²) < 4.78 is 19.1. The molecule has 18 heavy (non-hydrogen) atoms. The molecule has 90 valence electrons. The van der Waals surface area contributed by atoms with Gasteiger partial charge in [-0.15, -0.1) is 0 Å². The number of benzene rings is 2. The Morgan fingerprint density at radius 2 is 1.89 bits per heavy atom. The molecule has 2 aromatic rings. The number of hydrogen-bond acceptors (Lipinski definition) is 2. The maximum absolute atomic E-state index is 13.7. The van der Waals surface area contributed by atoms with Gasteiger partial charge in [0.05, 0.1) is 11.6 Å². The first-order valence-electron chi connectivity index (χ1n) is 5.57. The Labute approximate surface area is 105 Å². The van der Waals surface area contributed by atoms with E-state index < -0.39 is 0 Å². The lowest BCUT2D eigenvalue weighted by molar-refractivity contribution is 0.289. The van der Waals surface area contributed by atoms with Crippen LogP contribution in [0.15, 0.2) is 42.5 Å². The topological polar surface area (TPSA) is 33.0 Å². The Hall–Kier alpha value is -2.34. The van der Waals surface area contributed by atoms with Gasteiger partial charge in [0, 0.05) is 0 Å². The number of aryl methyl sites for hydroxylation is 1. The van der Waals surface area contributed by atoms with E-state index in [0.29, 0.717) is 11.1 Å². The minimum Gasteiger partial charge on any atom is -0.486 e. The van der Waals surface area contributed by atoms with Crippen LogP contribution in [-0.4, -0.2) is 0 Å². The van der Waals surface area contributed by atoms with Crippen molar-refractivity contribution in [2.75, 3.05) is 0 Å². The first kappa shape index (κ1) is 12.1. The van der Waals surface area contributed by atoms with Crippen molar-refractivity contribution >= 4 is 0 Å². The van der Waals surface area contributed by atoms with E-state index in [9.17, 15) is 4.39 Å². The molecule has 0 unspecified atom stereocenters. The highest BCUT2D eigenvalue weighted by molar-refractivity contribution is 5.33. The highest BCUT2D eigenvalue weighted by Gasteiger charge is 2.05. The van der Waals surface area contributed by atoms with Gasteiger partial charge in [-0.3, -0.25) is 0 Å². The molecular formula is C15H12FNO. The van der Waals surface area contributed by atoms with Crippen molar-refractivity contribution in [3.8, 4) is 11.8 Å². The van der Waals surface area contributed by atoms with Gasteiger partial charge >= 0.3 is 0 Å². The van der Waals surface area contributed by atoms with Crippen LogP contribution < -0.4 is 4.74 Å². The van der Waals surface area contributed by atoms with Crippen molar-refractivity contribution in [3.05, 3.63) is 65.0 Å². The third-order valence-corrected chi connectivity index (χ3v) is 2.63. The number of nitriles is 1. The second-order valence-corrected chi connectivity index (χ2v) is 3.98. The maximum atomic E-state index is 13.7. The fourth-order valence-corrected chi connectivity index (χ4v) is 1.57. The SMILES string of the molecule is Cc1cccc(OCc2ccc(C#N)cc2)c1F. The number of rotatable bonds is 3. The molecule has 0 bridgehead atoms. The normalized spacial score (nSPS) is 9.83. The number of hydrogen-bond donors (Lipinski definition) is 0. The highest BCUT2D eigenvalue weighted by atomic mass is 19.1. The van der Waals surface area contributed by atoms with E-state index in [1.54, 1.807) is 49.4 Å². The third kappa shape index (κ3) is 2.67. The van der Waals surface area contributed by atoms with E-state index in [1.165, 1.54) is 0 Å². The number of ether oxygens (including phenoxy) is 1. The van der Waals surface area contributed by atoms with Gasteiger partial charge in [-0.2, -0.15) is 5.26 Å². The summed E-state index contributed by atoms with van der Waals surface area (Å²) in [5.41, 5.74) is 2.06. The van der Waals surface area contributed by atoms with Gasteiger partial charge in [-0.05, 0) is 36.2 Å². The molecule has 0 fully saturated rings. The summed E-state index contributed by atoms with van der Waals surface area (Å²) in [5.74, 6) is -0.0782. The zero-order valence-electron chi connectivity index (χ0n) is 9.98. The van der Waals surface area contributed by atoms with E-state index in [4.69, 9.17) is 10.00 Å². The van der Waals surface area contributed by atoms with Crippen LogP contribution in [0.5, 0.6) is 5.75 Å². The van der Waals surface area contributed by atoms with E-state index in [0.717, 1.165) is 5.56 Å². The lowest BCUT2D eigenvalue weighted by Crippen LogP contribution is -1.98. The van der Waals surface area contributed by atoms with Crippen LogP contribution in [0.4, 0.5) is 4.39 Å². The molecular weight excluding hydrogens is 229 g/mol. The quantitative estimate of drug-likeness (QED) is 0.822. The predicted octanol–water partition coefficient (Wildman–Crippen LogP) is 3.58. The minimum atomic E-state index is -0.328. The summed E-state index contributed by atoms with van der Waals surface area (Å²) in [7, 11) is 0. The second kappa shape index (κ2) is 5.33. The summed E-state index contributed by atoms with van der Waals surface area (Å²) in [6.45, 7) is 1.98. The Bertz CT molecular complexity index is 584. The van der Waals surface area contributed by atoms with Crippen LogP contribution in [0, 0.1) is 24.1 Å². The molecule has 0 saturated heterocycles. The van der Waals surface area contributed by atoms with Crippen molar-refractivity contribution in [1.29, 1.82) is 5.26 Å². The first-order valence-corrected chi connectivity index (χ1v) is 5.57. The van der Waals surface area contributed by atoms with Gasteiger partial charge in [0.2, 0.25) is 0 Å². The van der Waals surface area contributed by atoms with Crippen molar-refractivity contribution in [2.24, 2.45) is 0 Å². The molecule has 2 rings (SSSR count). The zero-order chi connectivity index (χ0) is 13.0. The average molecular weight is 241 g/mol. The summed E-state index contributed by atoms with van der Waals surface area (Å²) in [4.78, 5) is 0. The molecule has 0 aromatic heterocycles. The van der Waals surface area contributed by atoms with Gasteiger partial charge in [-0.25, -0.2) is 4.39 Å². The van der Waals surface area contributed by atoms with E-state index >= 15 is 0 Å². The maximum Gasteiger partial charge on any atom is 0.167 e. The van der Waals surface area contributed by atoms with Gasteiger partial charge in [0.15, 0.2) is 11.6 Å². The van der Waals surface area contributed by atoms with Gasteiger partial charge in [0.1, 0.15) is 6.61 Å². The molecule has 0 amide bonds. The minimum absolute atomic E-state index is 0.249. The fourth-order valence-electron chi connectivity index (χ4n) is 1.57. The molecule has 2 aromatic carbocycles. The Balaban J connectivity index is 2.07. The van der Waals surface area contributed by atoms with E-state index in [1.807, 2.05) is 6.07 Å². The Morgan fingerprint density at radius 1 is 1.17 bits per heavy atom. The van der Waals surface area contributed by atoms with Gasteiger partial charge in [-0.1, -0.05) is 24.3 Å². The highest BCUT2D eigenvalue weighted by Crippen LogP contribution is 2.20. The molecule has 0 radical (unpaired) electrons. The molecule has 0 saturated carbocycles. The largest absolute Gasteiger partial charge is 0.486 e. The van der Waals surface area contributed by atoms with Crippen LogP contribution in [0.25, 0.3) is 0 Å². The van der Waals surface area contributed by atoms with Crippen molar-refractivity contribution < 1.29 is 9.13 Å². The van der Waals surface area contributed by atoms with Crippen LogP contribution in [0.1, 0.15) is 16.7 Å². The van der Waals surface area contributed by atoms with Crippen LogP contribution in [0.3, 0.4) is 0 Å². The third-order valence-electron chi connectivity index (χ3n) is 2.63. The van der Waals surface area contributed by atoms with E-state index in [-0.39, 0.29) is 18.2 Å². The molecule has 2 nitrogen and oxygen atoms in total. The number of halogens is 1. The van der Waals surface area contributed by atoms with E-state index in [2.05, 4.69) is 0 Å². The molecule has 0 atom stereocenters. The Kier molecular flexibility index (Phi) is 3.59. The molecule has 0 N–H and O–H groups in total. The molecule has 0 aliphatic carbocycles. The molecule has 0 heterocycles. The van der Waals surface area contributed by atoms with Crippen molar-refractivity contribution in [3.63, 3.8) is 0 Å². The molecule has 0 aliphatic heterocycles. The summed E-state index contributed by atoms with van der Waals surface area (Å²) in [6, 6.07) is 14.1. The summed E-state index contributed by atoms with van der Waals surface area (Å²) in [5, 5.41) is 8.67. The van der Waals surface area contributed by atoms with Crippen molar-refractivity contribution in [2.45, 2.75) is 13.5 Å². The molecule has 0 aliphatic rings. The molecule has 3 heteroatoms. The summed E-state index contributed by atoms with van der Waals surface area (Å²) in [6.07, 6.45) is 0. The zero-order valence-corrected chi connectivity index (χ0v) is 9.98. The van der Waals surface area contributed by atoms with Crippen LogP contribution >= 0.6 is 0 Å². The van der Waals surface area contributed by atoms with Crippen LogP contribution in [0.2, 0.25) is 0 Å². The standard InChI is InChI=1S/C15H12FNO/c1-11-3-2-4-14(15(11)16)18-10-13-7-5-12(9-17)6-8-13/h2-8H,10H2,1H3. The predicted molar refractivity (Wildman–Crippen MR) is 66.6 cm³/mol. The monoisotopic (exact) mass is 241 g/mol. The van der Waals surface area contributed by atoms with Gasteiger partial charge in [0.25, 0.3) is 0 Å². The lowest BCUT2D eigenvalue weighted by Gasteiger charge is -2.08.